The molecule has 1 rings (SSSR count). The first-order valence-electron chi connectivity index (χ1n) is 4.54. The number of allylic oxidation sites excluding steroid dienone is 2. The van der Waals surface area contributed by atoms with Crippen molar-refractivity contribution >= 4 is 20.9 Å². The summed E-state index contributed by atoms with van der Waals surface area (Å²) in [7, 11) is 0. The van der Waals surface area contributed by atoms with Crippen molar-refractivity contribution in [3.05, 3.63) is 47.5 Å². The summed E-state index contributed by atoms with van der Waals surface area (Å²) in [4.78, 5) is 0. The van der Waals surface area contributed by atoms with E-state index in [2.05, 4.69) is 50.3 Å². The molecule has 1 heteroatoms. The zero-order valence-electron chi connectivity index (χ0n) is 8.29. The number of benzene rings is 1. The van der Waals surface area contributed by atoms with E-state index in [0.29, 0.717) is 0 Å². The molecule has 0 N–H and O–H groups in total. The molecule has 0 aliphatic carbocycles. The topological polar surface area (TPSA) is 0 Å². The summed E-state index contributed by atoms with van der Waals surface area (Å²) in [6.07, 6.45) is 2.37. The van der Waals surface area contributed by atoms with E-state index >= 15 is 0 Å². The summed E-state index contributed by atoms with van der Waals surface area (Å²) >= 11 is 0.168. The molecule has 0 bridgehead atoms. The van der Waals surface area contributed by atoms with E-state index in [1.807, 2.05) is 0 Å². The summed E-state index contributed by atoms with van der Waals surface area (Å²) in [6, 6.07) is 10.8. The fourth-order valence-corrected chi connectivity index (χ4v) is 3.82. The Morgan fingerprint density at radius 3 is 2.54 bits per heavy atom. The molecule has 0 aliphatic heterocycles. The van der Waals surface area contributed by atoms with Crippen LogP contribution in [0.2, 0.25) is 4.47 Å². The molecule has 0 atom stereocenters. The van der Waals surface area contributed by atoms with Crippen LogP contribution < -0.4 is 0 Å². The predicted octanol–water partition coefficient (Wildman–Crippen LogP) is 3.28. The molecule has 0 amide bonds. The van der Waals surface area contributed by atoms with Crippen LogP contribution in [0.5, 0.6) is 0 Å². The van der Waals surface area contributed by atoms with Crippen molar-refractivity contribution in [1.29, 1.82) is 0 Å². The molecule has 0 spiro atoms. The van der Waals surface area contributed by atoms with Gasteiger partial charge < -0.3 is 0 Å². The van der Waals surface area contributed by atoms with Crippen LogP contribution in [-0.2, 0) is 4.47 Å². The third kappa shape index (κ3) is 5.13. The average Bonchev–Trinajstić information content (AvgIpc) is 2.14. The van der Waals surface area contributed by atoms with Crippen molar-refractivity contribution in [2.75, 3.05) is 0 Å². The first-order valence-corrected chi connectivity index (χ1v) is 7.83. The monoisotopic (exact) mass is 290 g/mol. The van der Waals surface area contributed by atoms with Crippen molar-refractivity contribution in [2.45, 2.75) is 22.8 Å². The van der Waals surface area contributed by atoms with Gasteiger partial charge in [0.15, 0.2) is 0 Å². The number of hydrogen-bond donors (Lipinski definition) is 0. The Balaban J connectivity index is 2.25. The van der Waals surface area contributed by atoms with Gasteiger partial charge >= 0.3 is 91.3 Å². The maximum atomic E-state index is 2.37. The van der Waals surface area contributed by atoms with Crippen molar-refractivity contribution < 1.29 is 0 Å². The quantitative estimate of drug-likeness (QED) is 0.453. The van der Waals surface area contributed by atoms with E-state index in [4.69, 9.17) is 0 Å². The van der Waals surface area contributed by atoms with Gasteiger partial charge in [0, 0.05) is 0 Å². The van der Waals surface area contributed by atoms with Gasteiger partial charge in [-0.15, -0.1) is 0 Å². The summed E-state index contributed by atoms with van der Waals surface area (Å²) in [5.74, 6) is 0. The van der Waals surface area contributed by atoms with Crippen molar-refractivity contribution in [3.8, 4) is 0 Å². The molecule has 0 saturated carbocycles. The second kappa shape index (κ2) is 6.24. The first-order chi connectivity index (χ1) is 6.29. The summed E-state index contributed by atoms with van der Waals surface area (Å²) < 4.78 is 2.66. The number of hydrogen-bond acceptors (Lipinski definition) is 0. The zero-order chi connectivity index (χ0) is 9.52. The van der Waals surface area contributed by atoms with Crippen molar-refractivity contribution in [1.82, 2.24) is 0 Å². The Kier molecular flexibility index (Phi) is 5.20. The summed E-state index contributed by atoms with van der Waals surface area (Å²) in [5, 5.41) is 0. The molecule has 0 unspecified atom stereocenters. The van der Waals surface area contributed by atoms with Crippen LogP contribution in [0.1, 0.15) is 19.4 Å². The standard InChI is InChI=1S/C12H16Te/c1-11(2)8-9-13-10-12-6-4-3-5-7-12/h3-8H,9-10H2,1-2H3. The molecular weight excluding hydrogens is 272 g/mol. The molecule has 0 radical (unpaired) electrons. The van der Waals surface area contributed by atoms with Crippen LogP contribution in [0.15, 0.2) is 42.0 Å². The minimum atomic E-state index is 0.168. The second-order valence-corrected chi connectivity index (χ2v) is 6.22. The Bertz CT molecular complexity index is 258. The summed E-state index contributed by atoms with van der Waals surface area (Å²) in [5.41, 5.74) is 2.96. The van der Waals surface area contributed by atoms with Gasteiger partial charge in [-0.05, 0) is 0 Å². The van der Waals surface area contributed by atoms with E-state index in [-0.39, 0.29) is 20.9 Å². The Morgan fingerprint density at radius 1 is 1.23 bits per heavy atom. The van der Waals surface area contributed by atoms with E-state index in [1.54, 1.807) is 0 Å². The minimum absolute atomic E-state index is 0.168. The molecule has 1 aromatic rings. The second-order valence-electron chi connectivity index (χ2n) is 3.28. The van der Waals surface area contributed by atoms with Gasteiger partial charge in [-0.25, -0.2) is 0 Å². The molecule has 0 heterocycles. The molecule has 0 nitrogen and oxygen atoms in total. The third-order valence-corrected chi connectivity index (χ3v) is 4.40. The molecule has 0 aliphatic rings. The van der Waals surface area contributed by atoms with Gasteiger partial charge in [0.05, 0.1) is 0 Å². The maximum absolute atomic E-state index is 2.37. The molecule has 0 aromatic heterocycles. The molecular formula is C12H16Te. The van der Waals surface area contributed by atoms with E-state index in [1.165, 1.54) is 20.1 Å². The van der Waals surface area contributed by atoms with Gasteiger partial charge in [-0.1, -0.05) is 0 Å². The summed E-state index contributed by atoms with van der Waals surface area (Å²) in [6.45, 7) is 4.35. The first kappa shape index (κ1) is 10.8. The van der Waals surface area contributed by atoms with E-state index in [0.717, 1.165) is 0 Å². The van der Waals surface area contributed by atoms with Crippen LogP contribution in [-0.4, -0.2) is 20.9 Å². The predicted molar refractivity (Wildman–Crippen MR) is 60.1 cm³/mol. The zero-order valence-corrected chi connectivity index (χ0v) is 10.6. The fraction of sp³-hybridized carbons (Fsp3) is 0.333. The molecule has 70 valence electrons. The molecule has 13 heavy (non-hydrogen) atoms. The van der Waals surface area contributed by atoms with Crippen LogP contribution in [0.3, 0.4) is 0 Å². The molecule has 0 fully saturated rings. The fourth-order valence-electron chi connectivity index (χ4n) is 0.977. The van der Waals surface area contributed by atoms with Crippen LogP contribution >= 0.6 is 0 Å². The van der Waals surface area contributed by atoms with E-state index < -0.39 is 0 Å². The van der Waals surface area contributed by atoms with Crippen LogP contribution in [0, 0.1) is 0 Å². The Morgan fingerprint density at radius 2 is 1.92 bits per heavy atom. The SMILES string of the molecule is CC(C)=CC[Te]Cc1ccccc1. The Hall–Kier alpha value is -0.250. The third-order valence-electron chi connectivity index (χ3n) is 1.72. The van der Waals surface area contributed by atoms with Crippen molar-refractivity contribution in [2.24, 2.45) is 0 Å². The molecule has 1 aromatic carbocycles. The van der Waals surface area contributed by atoms with Gasteiger partial charge in [0.25, 0.3) is 0 Å². The number of rotatable bonds is 4. The van der Waals surface area contributed by atoms with Crippen molar-refractivity contribution in [3.63, 3.8) is 0 Å². The van der Waals surface area contributed by atoms with Crippen LogP contribution in [0.4, 0.5) is 0 Å². The van der Waals surface area contributed by atoms with Gasteiger partial charge in [-0.2, -0.15) is 0 Å². The average molecular weight is 288 g/mol. The van der Waals surface area contributed by atoms with E-state index in [9.17, 15) is 0 Å². The van der Waals surface area contributed by atoms with Crippen LogP contribution in [0.25, 0.3) is 0 Å². The normalized spacial score (nSPS) is 9.69. The van der Waals surface area contributed by atoms with Gasteiger partial charge in [-0.3, -0.25) is 0 Å². The van der Waals surface area contributed by atoms with Gasteiger partial charge in [0.1, 0.15) is 0 Å². The molecule has 0 saturated heterocycles. The Labute approximate surface area is 91.1 Å². The van der Waals surface area contributed by atoms with Gasteiger partial charge in [0.2, 0.25) is 0 Å².